The quantitative estimate of drug-likeness (QED) is 0.847. The molecule has 0 fully saturated rings. The Morgan fingerprint density at radius 2 is 2.31 bits per heavy atom. The van der Waals surface area contributed by atoms with Crippen molar-refractivity contribution in [1.29, 1.82) is 0 Å². The molecule has 0 aromatic heterocycles. The van der Waals surface area contributed by atoms with Crippen LogP contribution in [0.1, 0.15) is 24.9 Å². The number of hydrogen-bond acceptors (Lipinski definition) is 3. The number of aliphatic carboxylic acids is 1. The van der Waals surface area contributed by atoms with Crippen LogP contribution in [0.3, 0.4) is 0 Å². The van der Waals surface area contributed by atoms with Crippen LogP contribution < -0.4 is 5.32 Å². The van der Waals surface area contributed by atoms with Gasteiger partial charge in [-0.3, -0.25) is 10.1 Å². The fourth-order valence-electron chi connectivity index (χ4n) is 1.89. The second-order valence-electron chi connectivity index (χ2n) is 3.95. The van der Waals surface area contributed by atoms with Crippen LogP contribution in [0.25, 0.3) is 0 Å². The molecule has 0 radical (unpaired) electrons. The number of benzene rings is 1. The highest BCUT2D eigenvalue weighted by Crippen LogP contribution is 2.35. The molecular formula is C12H15NO2S. The number of thioether (sulfide) groups is 1. The van der Waals surface area contributed by atoms with Crippen molar-refractivity contribution in [3.63, 3.8) is 0 Å². The molecule has 2 atom stereocenters. The van der Waals surface area contributed by atoms with Crippen molar-refractivity contribution in [3.05, 3.63) is 29.8 Å². The van der Waals surface area contributed by atoms with Crippen molar-refractivity contribution in [2.75, 3.05) is 5.75 Å². The lowest BCUT2D eigenvalue weighted by Gasteiger charge is -2.27. The second kappa shape index (κ2) is 4.89. The largest absolute Gasteiger partial charge is 0.480 e. The zero-order valence-electron chi connectivity index (χ0n) is 9.14. The molecule has 0 spiro atoms. The SMILES string of the molecule is CC(NC1CCSc2ccccc21)C(=O)O. The smallest absolute Gasteiger partial charge is 0.320 e. The van der Waals surface area contributed by atoms with Crippen LogP contribution in [-0.2, 0) is 4.79 Å². The molecule has 1 aromatic carbocycles. The number of carbonyl (C=O) groups is 1. The summed E-state index contributed by atoms with van der Waals surface area (Å²) < 4.78 is 0. The lowest BCUT2D eigenvalue weighted by Crippen LogP contribution is -2.37. The number of rotatable bonds is 3. The molecule has 0 saturated carbocycles. The first-order valence-corrected chi connectivity index (χ1v) is 6.37. The number of carboxylic acid groups (broad SMARTS) is 1. The van der Waals surface area contributed by atoms with Gasteiger partial charge in [-0.1, -0.05) is 18.2 Å². The van der Waals surface area contributed by atoms with Crippen molar-refractivity contribution in [3.8, 4) is 0 Å². The molecule has 0 saturated heterocycles. The maximum absolute atomic E-state index is 10.8. The third kappa shape index (κ3) is 2.39. The van der Waals surface area contributed by atoms with E-state index in [9.17, 15) is 4.79 Å². The normalized spacial score (nSPS) is 21.2. The van der Waals surface area contributed by atoms with E-state index >= 15 is 0 Å². The van der Waals surface area contributed by atoms with Gasteiger partial charge in [-0.25, -0.2) is 0 Å². The highest BCUT2D eigenvalue weighted by Gasteiger charge is 2.23. The van der Waals surface area contributed by atoms with E-state index in [0.717, 1.165) is 12.2 Å². The number of nitrogens with one attached hydrogen (secondary N) is 1. The Morgan fingerprint density at radius 1 is 1.56 bits per heavy atom. The maximum Gasteiger partial charge on any atom is 0.320 e. The van der Waals surface area contributed by atoms with Crippen LogP contribution in [0.5, 0.6) is 0 Å². The van der Waals surface area contributed by atoms with Gasteiger partial charge in [-0.15, -0.1) is 11.8 Å². The van der Waals surface area contributed by atoms with Gasteiger partial charge in [0.15, 0.2) is 0 Å². The summed E-state index contributed by atoms with van der Waals surface area (Å²) in [5.74, 6) is 0.247. The fraction of sp³-hybridized carbons (Fsp3) is 0.417. The topological polar surface area (TPSA) is 49.3 Å². The van der Waals surface area contributed by atoms with Crippen LogP contribution in [0.2, 0.25) is 0 Å². The van der Waals surface area contributed by atoms with Crippen molar-refractivity contribution < 1.29 is 9.90 Å². The van der Waals surface area contributed by atoms with Gasteiger partial charge < -0.3 is 5.11 Å². The number of hydrogen-bond donors (Lipinski definition) is 2. The van der Waals surface area contributed by atoms with Crippen molar-refractivity contribution in [1.82, 2.24) is 5.32 Å². The summed E-state index contributed by atoms with van der Waals surface area (Å²) >= 11 is 1.84. The van der Waals surface area contributed by atoms with Crippen molar-refractivity contribution in [2.24, 2.45) is 0 Å². The summed E-state index contributed by atoms with van der Waals surface area (Å²) in [5, 5.41) is 12.1. The van der Waals surface area contributed by atoms with Gasteiger partial charge in [0.25, 0.3) is 0 Å². The predicted molar refractivity (Wildman–Crippen MR) is 64.8 cm³/mol. The Labute approximate surface area is 99.2 Å². The van der Waals surface area contributed by atoms with Gasteiger partial charge in [-0.2, -0.15) is 0 Å². The van der Waals surface area contributed by atoms with Crippen LogP contribution >= 0.6 is 11.8 Å². The summed E-state index contributed by atoms with van der Waals surface area (Å²) in [6.45, 7) is 1.69. The first-order chi connectivity index (χ1) is 7.68. The zero-order valence-corrected chi connectivity index (χ0v) is 9.96. The standard InChI is InChI=1S/C12H15NO2S/c1-8(12(14)15)13-10-6-7-16-11-5-3-2-4-9(10)11/h2-5,8,10,13H,6-7H2,1H3,(H,14,15). The van der Waals surface area contributed by atoms with Gasteiger partial charge >= 0.3 is 5.97 Å². The highest BCUT2D eigenvalue weighted by molar-refractivity contribution is 7.99. The number of carboxylic acids is 1. The molecule has 1 aliphatic rings. The van der Waals surface area contributed by atoms with E-state index in [2.05, 4.69) is 17.4 Å². The average Bonchev–Trinajstić information content (AvgIpc) is 2.29. The predicted octanol–water partition coefficient (Wildman–Crippen LogP) is 2.29. The summed E-state index contributed by atoms with van der Waals surface area (Å²) in [4.78, 5) is 12.1. The minimum Gasteiger partial charge on any atom is -0.480 e. The molecule has 1 aliphatic heterocycles. The van der Waals surface area contributed by atoms with Crippen LogP contribution in [0.15, 0.2) is 29.2 Å². The Hall–Kier alpha value is -1.00. The lowest BCUT2D eigenvalue weighted by atomic mass is 10.0. The van der Waals surface area contributed by atoms with E-state index in [4.69, 9.17) is 5.11 Å². The zero-order chi connectivity index (χ0) is 11.5. The van der Waals surface area contributed by atoms with E-state index in [0.29, 0.717) is 0 Å². The summed E-state index contributed by atoms with van der Waals surface area (Å²) in [6, 6.07) is 7.87. The Bertz CT molecular complexity index is 394. The fourth-order valence-corrected chi connectivity index (χ4v) is 3.01. The first-order valence-electron chi connectivity index (χ1n) is 5.39. The molecule has 0 aliphatic carbocycles. The molecule has 0 bridgehead atoms. The second-order valence-corrected chi connectivity index (χ2v) is 5.09. The average molecular weight is 237 g/mol. The molecule has 1 aromatic rings. The molecular weight excluding hydrogens is 222 g/mol. The third-order valence-corrected chi connectivity index (χ3v) is 3.90. The molecule has 2 N–H and O–H groups in total. The van der Waals surface area contributed by atoms with Crippen molar-refractivity contribution in [2.45, 2.75) is 30.3 Å². The Morgan fingerprint density at radius 3 is 3.06 bits per heavy atom. The summed E-state index contributed by atoms with van der Waals surface area (Å²) in [5.41, 5.74) is 1.23. The van der Waals surface area contributed by atoms with Crippen LogP contribution in [0.4, 0.5) is 0 Å². The molecule has 3 nitrogen and oxygen atoms in total. The molecule has 2 rings (SSSR count). The van der Waals surface area contributed by atoms with Crippen molar-refractivity contribution >= 4 is 17.7 Å². The summed E-state index contributed by atoms with van der Waals surface area (Å²) in [6.07, 6.45) is 0.985. The minimum absolute atomic E-state index is 0.170. The number of fused-ring (bicyclic) bond motifs is 1. The Balaban J connectivity index is 2.16. The van der Waals surface area contributed by atoms with E-state index in [1.807, 2.05) is 23.9 Å². The van der Waals surface area contributed by atoms with Gasteiger partial charge in [0.05, 0.1) is 0 Å². The van der Waals surface area contributed by atoms with Crippen LogP contribution in [0, 0.1) is 0 Å². The molecule has 2 unspecified atom stereocenters. The Kier molecular flexibility index (Phi) is 3.51. The summed E-state index contributed by atoms with van der Waals surface area (Å²) in [7, 11) is 0. The molecule has 0 amide bonds. The van der Waals surface area contributed by atoms with E-state index in [1.165, 1.54) is 10.5 Å². The van der Waals surface area contributed by atoms with Crippen LogP contribution in [-0.4, -0.2) is 22.9 Å². The maximum atomic E-state index is 10.8. The van der Waals surface area contributed by atoms with E-state index < -0.39 is 12.0 Å². The van der Waals surface area contributed by atoms with Gasteiger partial charge in [-0.05, 0) is 30.7 Å². The third-order valence-electron chi connectivity index (χ3n) is 2.78. The van der Waals surface area contributed by atoms with Gasteiger partial charge in [0, 0.05) is 10.9 Å². The molecule has 1 heterocycles. The molecule has 16 heavy (non-hydrogen) atoms. The highest BCUT2D eigenvalue weighted by atomic mass is 32.2. The lowest BCUT2D eigenvalue weighted by molar-refractivity contribution is -0.139. The van der Waals surface area contributed by atoms with E-state index in [1.54, 1.807) is 6.92 Å². The molecule has 4 heteroatoms. The first kappa shape index (κ1) is 11.5. The minimum atomic E-state index is -0.796. The van der Waals surface area contributed by atoms with E-state index in [-0.39, 0.29) is 6.04 Å². The molecule has 86 valence electrons. The monoisotopic (exact) mass is 237 g/mol. The van der Waals surface area contributed by atoms with Gasteiger partial charge in [0.2, 0.25) is 0 Å². The van der Waals surface area contributed by atoms with Gasteiger partial charge in [0.1, 0.15) is 6.04 Å².